The molecule has 0 N–H and O–H groups in total. The van der Waals surface area contributed by atoms with Crippen molar-refractivity contribution in [3.63, 3.8) is 0 Å². The fraction of sp³-hybridized carbons (Fsp3) is 0.250. The molecular formula is C8H9FO3S. The Morgan fingerprint density at radius 1 is 1.38 bits per heavy atom. The summed E-state index contributed by atoms with van der Waals surface area (Å²) in [4.78, 5) is -0.341. The van der Waals surface area contributed by atoms with Crippen molar-refractivity contribution in [2.24, 2.45) is 0 Å². The molecule has 0 heterocycles. The molecule has 0 aliphatic rings. The van der Waals surface area contributed by atoms with Crippen molar-refractivity contribution < 1.29 is 17.5 Å². The smallest absolute Gasteiger partial charge is 0.183 e. The van der Waals surface area contributed by atoms with Crippen molar-refractivity contribution in [3.05, 3.63) is 24.0 Å². The van der Waals surface area contributed by atoms with Crippen LogP contribution in [-0.4, -0.2) is 21.8 Å². The quantitative estimate of drug-likeness (QED) is 0.727. The van der Waals surface area contributed by atoms with Crippen LogP contribution in [0.25, 0.3) is 0 Å². The Balaban J connectivity index is 3.41. The third-order valence-electron chi connectivity index (χ3n) is 1.55. The Hall–Kier alpha value is -1.10. The van der Waals surface area contributed by atoms with E-state index in [9.17, 15) is 12.8 Å². The van der Waals surface area contributed by atoms with Crippen LogP contribution in [0.1, 0.15) is 0 Å². The number of benzene rings is 1. The van der Waals surface area contributed by atoms with Gasteiger partial charge in [-0.2, -0.15) is 0 Å². The third kappa shape index (κ3) is 1.98. The summed E-state index contributed by atoms with van der Waals surface area (Å²) in [5.41, 5.74) is 0. The Morgan fingerprint density at radius 2 is 2.00 bits per heavy atom. The molecule has 0 aliphatic heterocycles. The zero-order chi connectivity index (χ0) is 10.1. The minimum absolute atomic E-state index is 0.0667. The summed E-state index contributed by atoms with van der Waals surface area (Å²) in [5.74, 6) is -0.907. The van der Waals surface area contributed by atoms with E-state index in [1.54, 1.807) is 0 Å². The molecule has 0 fully saturated rings. The van der Waals surface area contributed by atoms with Crippen LogP contribution >= 0.6 is 0 Å². The monoisotopic (exact) mass is 204 g/mol. The van der Waals surface area contributed by atoms with Gasteiger partial charge in [0.15, 0.2) is 21.4 Å². The van der Waals surface area contributed by atoms with Gasteiger partial charge in [0, 0.05) is 6.26 Å². The van der Waals surface area contributed by atoms with Gasteiger partial charge in [0.25, 0.3) is 0 Å². The Bertz CT molecular complexity index is 411. The summed E-state index contributed by atoms with van der Waals surface area (Å²) >= 11 is 0. The number of sulfone groups is 1. The zero-order valence-electron chi connectivity index (χ0n) is 7.24. The number of halogens is 1. The first-order chi connectivity index (χ1) is 5.96. The van der Waals surface area contributed by atoms with Gasteiger partial charge in [-0.3, -0.25) is 0 Å². The molecule has 0 atom stereocenters. The highest BCUT2D eigenvalue weighted by molar-refractivity contribution is 7.90. The summed E-state index contributed by atoms with van der Waals surface area (Å²) in [7, 11) is -2.24. The van der Waals surface area contributed by atoms with Crippen LogP contribution in [0.15, 0.2) is 23.1 Å². The second-order valence-corrected chi connectivity index (χ2v) is 4.53. The normalized spacial score (nSPS) is 11.3. The summed E-state index contributed by atoms with van der Waals surface area (Å²) in [6, 6.07) is 4.00. The predicted molar refractivity (Wildman–Crippen MR) is 46.1 cm³/mol. The van der Waals surface area contributed by atoms with Crippen molar-refractivity contribution in [1.29, 1.82) is 0 Å². The standard InChI is InChI=1S/C8H9FO3S/c1-12-6-4-3-5-7(8(6)9)13(2,10)11/h3-5H,1-2H3. The molecule has 5 heteroatoms. The minimum Gasteiger partial charge on any atom is -0.494 e. The van der Waals surface area contributed by atoms with Crippen molar-refractivity contribution in [1.82, 2.24) is 0 Å². The van der Waals surface area contributed by atoms with Crippen molar-refractivity contribution >= 4 is 9.84 Å². The van der Waals surface area contributed by atoms with Crippen molar-refractivity contribution in [2.75, 3.05) is 13.4 Å². The van der Waals surface area contributed by atoms with Gasteiger partial charge in [-0.15, -0.1) is 0 Å². The highest BCUT2D eigenvalue weighted by Crippen LogP contribution is 2.23. The fourth-order valence-corrected chi connectivity index (χ4v) is 1.69. The first kappa shape index (κ1) is 9.98. The molecule has 72 valence electrons. The molecule has 1 aromatic carbocycles. The van der Waals surface area contributed by atoms with Gasteiger partial charge in [0.2, 0.25) is 0 Å². The largest absolute Gasteiger partial charge is 0.494 e. The van der Waals surface area contributed by atoms with E-state index in [1.807, 2.05) is 0 Å². The van der Waals surface area contributed by atoms with E-state index >= 15 is 0 Å². The molecule has 0 unspecified atom stereocenters. The van der Waals surface area contributed by atoms with Crippen LogP contribution in [0, 0.1) is 5.82 Å². The molecule has 13 heavy (non-hydrogen) atoms. The molecule has 0 bridgehead atoms. The molecule has 0 aliphatic carbocycles. The highest BCUT2D eigenvalue weighted by Gasteiger charge is 2.16. The molecule has 3 nitrogen and oxygen atoms in total. The van der Waals surface area contributed by atoms with E-state index in [1.165, 1.54) is 25.3 Å². The van der Waals surface area contributed by atoms with E-state index < -0.39 is 15.7 Å². The second kappa shape index (κ2) is 3.33. The molecule has 1 aromatic rings. The fourth-order valence-electron chi connectivity index (χ4n) is 0.935. The molecule has 0 amide bonds. The lowest BCUT2D eigenvalue weighted by Crippen LogP contribution is -2.02. The van der Waals surface area contributed by atoms with E-state index in [0.29, 0.717) is 0 Å². The molecule has 0 radical (unpaired) electrons. The van der Waals surface area contributed by atoms with E-state index in [4.69, 9.17) is 0 Å². The zero-order valence-corrected chi connectivity index (χ0v) is 8.06. The molecule has 0 spiro atoms. The maximum atomic E-state index is 13.3. The summed E-state index contributed by atoms with van der Waals surface area (Å²) < 4.78 is 40.0. The second-order valence-electron chi connectivity index (χ2n) is 2.54. The van der Waals surface area contributed by atoms with E-state index in [2.05, 4.69) is 4.74 Å². The SMILES string of the molecule is COc1cccc(S(C)(=O)=O)c1F. The molecule has 0 saturated heterocycles. The van der Waals surface area contributed by atoms with Crippen LogP contribution in [0.3, 0.4) is 0 Å². The summed E-state index contributed by atoms with van der Waals surface area (Å²) in [6.07, 6.45) is 0.949. The number of methoxy groups -OCH3 is 1. The van der Waals surface area contributed by atoms with Crippen LogP contribution in [0.2, 0.25) is 0 Å². The van der Waals surface area contributed by atoms with Gasteiger partial charge in [-0.1, -0.05) is 6.07 Å². The lowest BCUT2D eigenvalue weighted by molar-refractivity contribution is 0.380. The maximum Gasteiger partial charge on any atom is 0.183 e. The van der Waals surface area contributed by atoms with Crippen LogP contribution < -0.4 is 4.74 Å². The molecule has 1 rings (SSSR count). The van der Waals surface area contributed by atoms with Crippen LogP contribution in [0.4, 0.5) is 4.39 Å². The van der Waals surface area contributed by atoms with Gasteiger partial charge in [0.05, 0.1) is 7.11 Å². The lowest BCUT2D eigenvalue weighted by atomic mass is 10.3. The van der Waals surface area contributed by atoms with Gasteiger partial charge in [-0.05, 0) is 12.1 Å². The van der Waals surface area contributed by atoms with Crippen molar-refractivity contribution in [3.8, 4) is 5.75 Å². The first-order valence-electron chi connectivity index (χ1n) is 3.49. The predicted octanol–water partition coefficient (Wildman–Crippen LogP) is 1.24. The van der Waals surface area contributed by atoms with Gasteiger partial charge in [0.1, 0.15) is 4.90 Å². The van der Waals surface area contributed by atoms with E-state index in [0.717, 1.165) is 6.26 Å². The lowest BCUT2D eigenvalue weighted by Gasteiger charge is -2.04. The molecule has 0 saturated carbocycles. The number of hydrogen-bond donors (Lipinski definition) is 0. The maximum absolute atomic E-state index is 13.3. The Labute approximate surface area is 76.1 Å². The minimum atomic E-state index is -3.52. The molecule has 0 aromatic heterocycles. The van der Waals surface area contributed by atoms with Crippen LogP contribution in [-0.2, 0) is 9.84 Å². The average Bonchev–Trinajstić information content (AvgIpc) is 2.02. The van der Waals surface area contributed by atoms with E-state index in [-0.39, 0.29) is 10.6 Å². The number of rotatable bonds is 2. The third-order valence-corrected chi connectivity index (χ3v) is 2.66. The van der Waals surface area contributed by atoms with Gasteiger partial charge >= 0.3 is 0 Å². The Morgan fingerprint density at radius 3 is 2.46 bits per heavy atom. The Kier molecular flexibility index (Phi) is 2.56. The van der Waals surface area contributed by atoms with Crippen LogP contribution in [0.5, 0.6) is 5.75 Å². The van der Waals surface area contributed by atoms with Crippen molar-refractivity contribution in [2.45, 2.75) is 4.90 Å². The summed E-state index contributed by atoms with van der Waals surface area (Å²) in [6.45, 7) is 0. The highest BCUT2D eigenvalue weighted by atomic mass is 32.2. The number of hydrogen-bond acceptors (Lipinski definition) is 3. The number of ether oxygens (including phenoxy) is 1. The molecular weight excluding hydrogens is 195 g/mol. The summed E-state index contributed by atoms with van der Waals surface area (Å²) in [5, 5.41) is 0. The van der Waals surface area contributed by atoms with Gasteiger partial charge < -0.3 is 4.74 Å². The van der Waals surface area contributed by atoms with Gasteiger partial charge in [-0.25, -0.2) is 12.8 Å². The topological polar surface area (TPSA) is 43.4 Å². The first-order valence-corrected chi connectivity index (χ1v) is 5.38. The average molecular weight is 204 g/mol.